The lowest BCUT2D eigenvalue weighted by Crippen LogP contribution is -2.21. The number of nitrogens with zero attached hydrogens (tertiary/aromatic N) is 2. The summed E-state index contributed by atoms with van der Waals surface area (Å²) in [5, 5.41) is 14.2. The van der Waals surface area contributed by atoms with Crippen LogP contribution in [-0.4, -0.2) is 34.4 Å². The number of likely N-dealkylation sites (tertiary alicyclic amines) is 1. The summed E-state index contributed by atoms with van der Waals surface area (Å²) in [6.07, 6.45) is 0.268. The normalized spacial score (nSPS) is 22.4. The van der Waals surface area contributed by atoms with Crippen LogP contribution in [0.15, 0.2) is 28.8 Å². The van der Waals surface area contributed by atoms with E-state index in [4.69, 9.17) is 16.1 Å². The zero-order valence-corrected chi connectivity index (χ0v) is 13.1. The molecule has 1 N–H and O–H groups in total. The second-order valence-electron chi connectivity index (χ2n) is 5.91. The molecule has 0 radical (unpaired) electrons. The quantitative estimate of drug-likeness (QED) is 0.939. The first-order valence-corrected chi connectivity index (χ1v) is 7.65. The molecule has 4 nitrogen and oxygen atoms in total. The van der Waals surface area contributed by atoms with Crippen LogP contribution in [0, 0.1) is 18.7 Å². The number of aliphatic hydroxyl groups excluding tert-OH is 1. The fourth-order valence-corrected chi connectivity index (χ4v) is 3.14. The summed E-state index contributed by atoms with van der Waals surface area (Å²) < 4.78 is 18.4. The van der Waals surface area contributed by atoms with Crippen molar-refractivity contribution >= 4 is 11.6 Å². The highest BCUT2D eigenvalue weighted by molar-refractivity contribution is 6.30. The summed E-state index contributed by atoms with van der Waals surface area (Å²) in [5.74, 6) is 0.502. The van der Waals surface area contributed by atoms with E-state index in [1.165, 1.54) is 6.07 Å². The van der Waals surface area contributed by atoms with Crippen molar-refractivity contribution in [3.8, 4) is 0 Å². The van der Waals surface area contributed by atoms with Gasteiger partial charge in [0.05, 0.1) is 16.8 Å². The van der Waals surface area contributed by atoms with E-state index >= 15 is 0 Å². The number of aliphatic hydroxyl groups is 1. The molecule has 2 heterocycles. The van der Waals surface area contributed by atoms with Gasteiger partial charge in [0.1, 0.15) is 11.6 Å². The molecule has 118 valence electrons. The van der Waals surface area contributed by atoms with Crippen molar-refractivity contribution in [3.05, 3.63) is 52.1 Å². The third-order valence-corrected chi connectivity index (χ3v) is 4.30. The number of benzene rings is 1. The molecule has 1 aliphatic heterocycles. The molecular formula is C16H18ClFN2O2. The third kappa shape index (κ3) is 3.48. The van der Waals surface area contributed by atoms with Gasteiger partial charge in [0.2, 0.25) is 0 Å². The van der Waals surface area contributed by atoms with Crippen molar-refractivity contribution in [1.82, 2.24) is 10.1 Å². The Morgan fingerprint density at radius 2 is 2.23 bits per heavy atom. The predicted octanol–water partition coefficient (Wildman–Crippen LogP) is 2.81. The predicted molar refractivity (Wildman–Crippen MR) is 81.1 cm³/mol. The van der Waals surface area contributed by atoms with Crippen LogP contribution in [-0.2, 0) is 13.0 Å². The van der Waals surface area contributed by atoms with Gasteiger partial charge in [-0.05, 0) is 24.6 Å². The van der Waals surface area contributed by atoms with Crippen LogP contribution in [0.1, 0.15) is 17.0 Å². The van der Waals surface area contributed by atoms with E-state index in [1.54, 1.807) is 12.1 Å². The molecule has 0 saturated carbocycles. The van der Waals surface area contributed by atoms with Gasteiger partial charge < -0.3 is 9.63 Å². The van der Waals surface area contributed by atoms with Gasteiger partial charge in [-0.3, -0.25) is 4.90 Å². The van der Waals surface area contributed by atoms with E-state index in [2.05, 4.69) is 10.1 Å². The fraction of sp³-hybridized carbons (Fsp3) is 0.438. The first-order valence-electron chi connectivity index (χ1n) is 7.28. The SMILES string of the molecule is Cc1cc(C[C@@H]2CN(Cc3ccc(F)c(Cl)c3)C[C@@H]2O)on1. The molecule has 0 aliphatic carbocycles. The standard InChI is InChI=1S/C16H18ClFN2O2/c1-10-4-13(22-19-10)6-12-8-20(9-16(12)21)7-11-2-3-15(18)14(17)5-11/h2-5,12,16,21H,6-9H2,1H3/t12-,16+/m1/s1. The van der Waals surface area contributed by atoms with Gasteiger partial charge in [0, 0.05) is 38.0 Å². The highest BCUT2D eigenvalue weighted by Crippen LogP contribution is 2.24. The Labute approximate surface area is 133 Å². The number of halogens is 2. The number of hydrogen-bond acceptors (Lipinski definition) is 4. The average molecular weight is 325 g/mol. The molecule has 2 atom stereocenters. The van der Waals surface area contributed by atoms with E-state index in [9.17, 15) is 9.50 Å². The van der Waals surface area contributed by atoms with E-state index in [0.29, 0.717) is 19.5 Å². The van der Waals surface area contributed by atoms with Gasteiger partial charge in [-0.15, -0.1) is 0 Å². The smallest absolute Gasteiger partial charge is 0.141 e. The van der Waals surface area contributed by atoms with E-state index in [0.717, 1.165) is 23.6 Å². The van der Waals surface area contributed by atoms with E-state index in [-0.39, 0.29) is 10.9 Å². The van der Waals surface area contributed by atoms with Gasteiger partial charge in [-0.2, -0.15) is 0 Å². The minimum absolute atomic E-state index is 0.114. The molecule has 1 aliphatic rings. The minimum Gasteiger partial charge on any atom is -0.391 e. The largest absolute Gasteiger partial charge is 0.391 e. The maximum Gasteiger partial charge on any atom is 0.141 e. The molecule has 6 heteroatoms. The summed E-state index contributed by atoms with van der Waals surface area (Å²) >= 11 is 5.80. The highest BCUT2D eigenvalue weighted by Gasteiger charge is 2.32. The first kappa shape index (κ1) is 15.5. The van der Waals surface area contributed by atoms with Gasteiger partial charge >= 0.3 is 0 Å². The van der Waals surface area contributed by atoms with Crippen LogP contribution in [0.3, 0.4) is 0 Å². The van der Waals surface area contributed by atoms with Crippen LogP contribution < -0.4 is 0 Å². The second kappa shape index (κ2) is 6.36. The number of hydrogen-bond donors (Lipinski definition) is 1. The van der Waals surface area contributed by atoms with E-state index in [1.807, 2.05) is 13.0 Å². The van der Waals surface area contributed by atoms with Gasteiger partial charge in [0.25, 0.3) is 0 Å². The molecule has 0 amide bonds. The van der Waals surface area contributed by atoms with Crippen molar-refractivity contribution in [2.75, 3.05) is 13.1 Å². The number of β-amino-alcohol motifs (C(OH)–C–C–N with tert-alkyl or cyclic N) is 1. The van der Waals surface area contributed by atoms with Gasteiger partial charge in [-0.25, -0.2) is 4.39 Å². The number of rotatable bonds is 4. The van der Waals surface area contributed by atoms with Crippen molar-refractivity contribution in [2.24, 2.45) is 5.92 Å². The van der Waals surface area contributed by atoms with Crippen LogP contribution in [0.4, 0.5) is 4.39 Å². The second-order valence-corrected chi connectivity index (χ2v) is 6.32. The lowest BCUT2D eigenvalue weighted by molar-refractivity contribution is 0.137. The molecule has 2 aromatic rings. The molecule has 1 saturated heterocycles. The molecule has 22 heavy (non-hydrogen) atoms. The Kier molecular flexibility index (Phi) is 4.47. The molecular weight excluding hydrogens is 307 g/mol. The van der Waals surface area contributed by atoms with Crippen LogP contribution in [0.25, 0.3) is 0 Å². The Morgan fingerprint density at radius 3 is 2.91 bits per heavy atom. The lowest BCUT2D eigenvalue weighted by atomic mass is 10.0. The Hall–Kier alpha value is -1.43. The topological polar surface area (TPSA) is 49.5 Å². The van der Waals surface area contributed by atoms with Crippen LogP contribution in [0.2, 0.25) is 5.02 Å². The van der Waals surface area contributed by atoms with Crippen LogP contribution >= 0.6 is 11.6 Å². The zero-order valence-electron chi connectivity index (χ0n) is 12.3. The molecule has 1 aromatic heterocycles. The molecule has 1 fully saturated rings. The molecule has 0 bridgehead atoms. The molecule has 1 aromatic carbocycles. The highest BCUT2D eigenvalue weighted by atomic mass is 35.5. The van der Waals surface area contributed by atoms with Crippen molar-refractivity contribution < 1.29 is 14.0 Å². The van der Waals surface area contributed by atoms with E-state index < -0.39 is 11.9 Å². The van der Waals surface area contributed by atoms with Crippen molar-refractivity contribution in [3.63, 3.8) is 0 Å². The number of aryl methyl sites for hydroxylation is 1. The Bertz CT molecular complexity index is 661. The summed E-state index contributed by atoms with van der Waals surface area (Å²) in [6, 6.07) is 6.63. The Balaban J connectivity index is 1.61. The lowest BCUT2D eigenvalue weighted by Gasteiger charge is -2.15. The molecule has 0 unspecified atom stereocenters. The summed E-state index contributed by atoms with van der Waals surface area (Å²) in [6.45, 7) is 3.87. The van der Waals surface area contributed by atoms with Crippen LogP contribution in [0.5, 0.6) is 0 Å². The zero-order chi connectivity index (χ0) is 15.7. The van der Waals surface area contributed by atoms with Crippen molar-refractivity contribution in [1.29, 1.82) is 0 Å². The molecule has 3 rings (SSSR count). The minimum atomic E-state index is -0.412. The fourth-order valence-electron chi connectivity index (χ4n) is 2.94. The Morgan fingerprint density at radius 1 is 1.41 bits per heavy atom. The summed E-state index contributed by atoms with van der Waals surface area (Å²) in [7, 11) is 0. The van der Waals surface area contributed by atoms with Gasteiger partial charge in [-0.1, -0.05) is 22.8 Å². The van der Waals surface area contributed by atoms with Crippen molar-refractivity contribution in [2.45, 2.75) is 26.0 Å². The maximum absolute atomic E-state index is 13.2. The van der Waals surface area contributed by atoms with Gasteiger partial charge in [0.15, 0.2) is 0 Å². The third-order valence-electron chi connectivity index (χ3n) is 4.01. The summed E-state index contributed by atoms with van der Waals surface area (Å²) in [4.78, 5) is 2.14. The summed E-state index contributed by atoms with van der Waals surface area (Å²) in [5.41, 5.74) is 1.79. The maximum atomic E-state index is 13.2. The molecule has 0 spiro atoms. The average Bonchev–Trinajstić information content (AvgIpc) is 3.01. The first-order chi connectivity index (χ1) is 10.5. The monoisotopic (exact) mass is 324 g/mol. The number of aromatic nitrogens is 1.